The quantitative estimate of drug-likeness (QED) is 0.260. The molecule has 9 nitrogen and oxygen atoms in total. The highest BCUT2D eigenvalue weighted by molar-refractivity contribution is 5.93. The first-order valence-corrected chi connectivity index (χ1v) is 11.3. The van der Waals surface area contributed by atoms with Crippen molar-refractivity contribution in [3.63, 3.8) is 0 Å². The van der Waals surface area contributed by atoms with Crippen LogP contribution >= 0.6 is 0 Å². The maximum Gasteiger partial charge on any atom is 0.343 e. The van der Waals surface area contributed by atoms with E-state index < -0.39 is 29.9 Å². The van der Waals surface area contributed by atoms with Crippen LogP contribution in [0.4, 0.5) is 0 Å². The van der Waals surface area contributed by atoms with Crippen LogP contribution in [0.5, 0.6) is 11.5 Å². The topological polar surface area (TPSA) is 145 Å². The normalized spacial score (nSPS) is 11.3. The number of carbonyl (C=O) groups excluding carboxylic acids is 3. The molecule has 36 heavy (non-hydrogen) atoms. The van der Waals surface area contributed by atoms with E-state index in [0.29, 0.717) is 23.1 Å². The van der Waals surface area contributed by atoms with Crippen LogP contribution in [0.15, 0.2) is 78.9 Å². The maximum atomic E-state index is 12.7. The molecule has 1 amide bonds. The number of esters is 2. The lowest BCUT2D eigenvalue weighted by Gasteiger charge is -2.15. The van der Waals surface area contributed by atoms with Crippen LogP contribution in [-0.4, -0.2) is 41.5 Å². The van der Waals surface area contributed by atoms with Gasteiger partial charge in [0.25, 0.3) is 0 Å². The van der Waals surface area contributed by atoms with Gasteiger partial charge in [-0.15, -0.1) is 0 Å². The number of carboxylic acids is 1. The van der Waals surface area contributed by atoms with E-state index in [-0.39, 0.29) is 30.9 Å². The highest BCUT2D eigenvalue weighted by Gasteiger charge is 2.19. The molecule has 0 aromatic heterocycles. The number of amides is 1. The molecule has 186 valence electrons. The Balaban J connectivity index is 1.76. The Morgan fingerprint density at radius 3 is 1.89 bits per heavy atom. The molecule has 0 saturated carbocycles. The summed E-state index contributed by atoms with van der Waals surface area (Å²) in [5, 5.41) is 12.2. The molecule has 0 aliphatic heterocycles. The van der Waals surface area contributed by atoms with Gasteiger partial charge in [0.1, 0.15) is 6.04 Å². The Morgan fingerprint density at radius 2 is 1.36 bits per heavy atom. The molecule has 3 aromatic carbocycles. The molecular weight excluding hydrogens is 464 g/mol. The van der Waals surface area contributed by atoms with E-state index >= 15 is 0 Å². The third-order valence-electron chi connectivity index (χ3n) is 5.21. The van der Waals surface area contributed by atoms with Crippen LogP contribution in [0.2, 0.25) is 0 Å². The molecule has 0 saturated heterocycles. The van der Waals surface area contributed by atoms with E-state index in [1.54, 1.807) is 72.8 Å². The van der Waals surface area contributed by atoms with Gasteiger partial charge in [-0.05, 0) is 61.3 Å². The Kier molecular flexibility index (Phi) is 9.30. The highest BCUT2D eigenvalue weighted by atomic mass is 16.6. The molecule has 9 heteroatoms. The summed E-state index contributed by atoms with van der Waals surface area (Å²) in [6.45, 7) is 0.269. The molecule has 1 atom stereocenters. The lowest BCUT2D eigenvalue weighted by Crippen LogP contribution is -2.38. The van der Waals surface area contributed by atoms with Gasteiger partial charge in [-0.2, -0.15) is 0 Å². The minimum absolute atomic E-state index is 0.0501. The molecule has 0 fully saturated rings. The SMILES string of the molecule is NC(=O)CC[C@H](NCCc1ccc(OC(=O)c2ccccc2)c(OC(=O)c2ccccc2)c1)C(=O)O. The summed E-state index contributed by atoms with van der Waals surface area (Å²) in [5.74, 6) is -2.78. The smallest absolute Gasteiger partial charge is 0.343 e. The number of benzene rings is 3. The first-order valence-electron chi connectivity index (χ1n) is 11.3. The minimum Gasteiger partial charge on any atom is -0.480 e. The van der Waals surface area contributed by atoms with Crippen molar-refractivity contribution in [2.45, 2.75) is 25.3 Å². The maximum absolute atomic E-state index is 12.7. The van der Waals surface area contributed by atoms with E-state index in [1.807, 2.05) is 0 Å². The summed E-state index contributed by atoms with van der Waals surface area (Å²) in [6, 6.07) is 20.6. The lowest BCUT2D eigenvalue weighted by molar-refractivity contribution is -0.139. The molecule has 3 aromatic rings. The molecule has 4 N–H and O–H groups in total. The second kappa shape index (κ2) is 12.8. The third kappa shape index (κ3) is 7.78. The van der Waals surface area contributed by atoms with Gasteiger partial charge in [0.2, 0.25) is 5.91 Å². The first-order chi connectivity index (χ1) is 17.3. The van der Waals surface area contributed by atoms with Crippen LogP contribution in [0.25, 0.3) is 0 Å². The van der Waals surface area contributed by atoms with Gasteiger partial charge < -0.3 is 25.6 Å². The van der Waals surface area contributed by atoms with Crippen LogP contribution in [0, 0.1) is 0 Å². The number of nitrogens with two attached hydrogens (primary N) is 1. The Hall–Kier alpha value is -4.50. The molecule has 0 aliphatic carbocycles. The van der Waals surface area contributed by atoms with Gasteiger partial charge in [0.05, 0.1) is 11.1 Å². The van der Waals surface area contributed by atoms with Crippen molar-refractivity contribution < 1.29 is 33.8 Å². The van der Waals surface area contributed by atoms with E-state index in [9.17, 15) is 24.3 Å². The number of primary amides is 1. The van der Waals surface area contributed by atoms with Crippen molar-refractivity contribution in [1.82, 2.24) is 5.32 Å². The van der Waals surface area contributed by atoms with E-state index in [4.69, 9.17) is 15.2 Å². The predicted octanol–water partition coefficient (Wildman–Crippen LogP) is 2.98. The summed E-state index contributed by atoms with van der Waals surface area (Å²) < 4.78 is 11.1. The van der Waals surface area contributed by atoms with E-state index in [1.165, 1.54) is 6.07 Å². The van der Waals surface area contributed by atoms with Crippen molar-refractivity contribution in [2.24, 2.45) is 5.73 Å². The molecule has 0 heterocycles. The van der Waals surface area contributed by atoms with Gasteiger partial charge >= 0.3 is 17.9 Å². The monoisotopic (exact) mass is 490 g/mol. The second-order valence-electron chi connectivity index (χ2n) is 7.89. The fourth-order valence-electron chi connectivity index (χ4n) is 3.33. The number of carbonyl (C=O) groups is 4. The van der Waals surface area contributed by atoms with Gasteiger partial charge in [0, 0.05) is 6.42 Å². The number of rotatable bonds is 12. The highest BCUT2D eigenvalue weighted by Crippen LogP contribution is 2.30. The minimum atomic E-state index is -1.09. The first kappa shape index (κ1) is 26.1. The molecular formula is C27H26N2O7. The Labute approximate surface area is 207 Å². The zero-order valence-corrected chi connectivity index (χ0v) is 19.4. The van der Waals surface area contributed by atoms with Crippen LogP contribution in [-0.2, 0) is 16.0 Å². The average Bonchev–Trinajstić information content (AvgIpc) is 2.88. The molecule has 0 aliphatic rings. The number of hydrogen-bond donors (Lipinski definition) is 3. The number of carboxylic acid groups (broad SMARTS) is 1. The van der Waals surface area contributed by atoms with Crippen LogP contribution < -0.4 is 20.5 Å². The second-order valence-corrected chi connectivity index (χ2v) is 7.89. The predicted molar refractivity (Wildman–Crippen MR) is 131 cm³/mol. The number of hydrogen-bond acceptors (Lipinski definition) is 7. The van der Waals surface area contributed by atoms with Crippen LogP contribution in [0.1, 0.15) is 39.1 Å². The Bertz CT molecular complexity index is 1210. The van der Waals surface area contributed by atoms with Gasteiger partial charge in [-0.25, -0.2) is 9.59 Å². The van der Waals surface area contributed by atoms with Crippen molar-refractivity contribution in [3.05, 3.63) is 95.6 Å². The van der Waals surface area contributed by atoms with E-state index in [0.717, 1.165) is 0 Å². The van der Waals surface area contributed by atoms with Crippen molar-refractivity contribution in [1.29, 1.82) is 0 Å². The summed E-state index contributed by atoms with van der Waals surface area (Å²) in [4.78, 5) is 47.6. The van der Waals surface area contributed by atoms with Gasteiger partial charge in [-0.1, -0.05) is 42.5 Å². The number of ether oxygens (including phenoxy) is 2. The molecule has 0 radical (unpaired) electrons. The third-order valence-corrected chi connectivity index (χ3v) is 5.21. The zero-order valence-electron chi connectivity index (χ0n) is 19.4. The summed E-state index contributed by atoms with van der Waals surface area (Å²) in [6.07, 6.45) is 0.396. The number of aliphatic carboxylic acids is 1. The average molecular weight is 491 g/mol. The fraction of sp³-hybridized carbons (Fsp3) is 0.185. The number of nitrogens with one attached hydrogen (secondary N) is 1. The summed E-state index contributed by atoms with van der Waals surface area (Å²) in [5.41, 5.74) is 6.47. The van der Waals surface area contributed by atoms with Gasteiger partial charge in [-0.3, -0.25) is 9.59 Å². The zero-order chi connectivity index (χ0) is 25.9. The molecule has 0 bridgehead atoms. The van der Waals surface area contributed by atoms with Crippen molar-refractivity contribution in [2.75, 3.05) is 6.54 Å². The molecule has 0 spiro atoms. The standard InChI is InChI=1S/C27H26N2O7/c28-24(30)14-12-21(25(31)32)29-16-15-18-11-13-22(35-26(33)19-7-3-1-4-8-19)23(17-18)36-27(34)20-9-5-2-6-10-20/h1-11,13,17,21,29H,12,14-16H2,(H2,28,30)(H,31,32)/t21-/m0/s1. The Morgan fingerprint density at radius 1 is 0.806 bits per heavy atom. The van der Waals surface area contributed by atoms with Crippen LogP contribution in [0.3, 0.4) is 0 Å². The van der Waals surface area contributed by atoms with Crippen molar-refractivity contribution >= 4 is 23.8 Å². The fourth-order valence-corrected chi connectivity index (χ4v) is 3.33. The molecule has 3 rings (SSSR count). The lowest BCUT2D eigenvalue weighted by atomic mass is 10.1. The van der Waals surface area contributed by atoms with Gasteiger partial charge in [0.15, 0.2) is 11.5 Å². The summed E-state index contributed by atoms with van der Waals surface area (Å²) in [7, 11) is 0. The van der Waals surface area contributed by atoms with E-state index in [2.05, 4.69) is 5.32 Å². The molecule has 0 unspecified atom stereocenters. The largest absolute Gasteiger partial charge is 0.480 e. The summed E-state index contributed by atoms with van der Waals surface area (Å²) >= 11 is 0. The van der Waals surface area contributed by atoms with Crippen molar-refractivity contribution in [3.8, 4) is 11.5 Å².